The molecule has 2 aromatic carbocycles. The van der Waals surface area contributed by atoms with Gasteiger partial charge < -0.3 is 0 Å². The first-order chi connectivity index (χ1) is 12.8. The molecule has 27 heavy (non-hydrogen) atoms. The first-order valence-corrected chi connectivity index (χ1v) is 10.5. The van der Waals surface area contributed by atoms with Crippen molar-refractivity contribution in [3.05, 3.63) is 59.4 Å². The standard InChI is InChI=1S/C18H18FN3O3S2/c1-22(2)27(24,25)14-5-3-4-12(10-14)18(23)21-20-16-8-9-26-17-7-6-13(19)11-15(16)17/h3-7,10-11H,8-9H2,1-2H3,(H,21,23)/b20-16-. The maximum Gasteiger partial charge on any atom is 0.271 e. The number of nitrogens with zero attached hydrogens (tertiary/aromatic N) is 2. The fraction of sp³-hybridized carbons (Fsp3) is 0.222. The number of benzene rings is 2. The van der Waals surface area contributed by atoms with Crippen molar-refractivity contribution in [2.24, 2.45) is 5.10 Å². The molecule has 1 N–H and O–H groups in total. The van der Waals surface area contributed by atoms with Crippen LogP contribution in [0, 0.1) is 5.82 Å². The summed E-state index contributed by atoms with van der Waals surface area (Å²) in [5.41, 5.74) is 3.87. The summed E-state index contributed by atoms with van der Waals surface area (Å²) in [7, 11) is -0.795. The van der Waals surface area contributed by atoms with Crippen molar-refractivity contribution in [2.45, 2.75) is 16.2 Å². The van der Waals surface area contributed by atoms with Crippen molar-refractivity contribution in [3.8, 4) is 0 Å². The molecule has 0 aromatic heterocycles. The number of sulfonamides is 1. The number of thioether (sulfide) groups is 1. The number of rotatable bonds is 4. The summed E-state index contributed by atoms with van der Waals surface area (Å²) in [4.78, 5) is 13.3. The second-order valence-electron chi connectivity index (χ2n) is 6.05. The van der Waals surface area contributed by atoms with Gasteiger partial charge in [-0.15, -0.1) is 11.8 Å². The highest BCUT2D eigenvalue weighted by Gasteiger charge is 2.20. The van der Waals surface area contributed by atoms with Crippen LogP contribution < -0.4 is 5.43 Å². The minimum absolute atomic E-state index is 0.0225. The van der Waals surface area contributed by atoms with E-state index in [1.807, 2.05) is 0 Å². The molecule has 1 aliphatic rings. The van der Waals surface area contributed by atoms with Gasteiger partial charge in [-0.3, -0.25) is 4.79 Å². The van der Waals surface area contributed by atoms with Gasteiger partial charge in [0.1, 0.15) is 5.82 Å². The van der Waals surface area contributed by atoms with Crippen LogP contribution in [0.15, 0.2) is 57.4 Å². The van der Waals surface area contributed by atoms with Crippen molar-refractivity contribution in [2.75, 3.05) is 19.8 Å². The third kappa shape index (κ3) is 4.20. The van der Waals surface area contributed by atoms with Gasteiger partial charge in [-0.1, -0.05) is 6.07 Å². The van der Waals surface area contributed by atoms with Crippen molar-refractivity contribution >= 4 is 33.4 Å². The van der Waals surface area contributed by atoms with E-state index in [1.54, 1.807) is 17.8 Å². The van der Waals surface area contributed by atoms with E-state index in [4.69, 9.17) is 0 Å². The lowest BCUT2D eigenvalue weighted by atomic mass is 10.1. The van der Waals surface area contributed by atoms with E-state index < -0.39 is 15.9 Å². The molecule has 1 amide bonds. The van der Waals surface area contributed by atoms with Crippen molar-refractivity contribution in [1.82, 2.24) is 9.73 Å². The SMILES string of the molecule is CN(C)S(=O)(=O)c1cccc(C(=O)N/N=C2/CCSc3ccc(F)cc32)c1. The van der Waals surface area contributed by atoms with Crippen LogP contribution in [0.3, 0.4) is 0 Å². The quantitative estimate of drug-likeness (QED) is 0.791. The molecular formula is C18H18FN3O3S2. The summed E-state index contributed by atoms with van der Waals surface area (Å²) in [5.74, 6) is -0.115. The van der Waals surface area contributed by atoms with Gasteiger partial charge in [0.05, 0.1) is 10.6 Å². The first-order valence-electron chi connectivity index (χ1n) is 8.11. The number of halogens is 1. The molecule has 9 heteroatoms. The highest BCUT2D eigenvalue weighted by atomic mass is 32.2. The third-order valence-electron chi connectivity index (χ3n) is 4.02. The zero-order valence-electron chi connectivity index (χ0n) is 14.8. The fourth-order valence-electron chi connectivity index (χ4n) is 2.55. The minimum Gasteiger partial charge on any atom is -0.267 e. The van der Waals surface area contributed by atoms with Crippen molar-refractivity contribution in [1.29, 1.82) is 0 Å². The van der Waals surface area contributed by atoms with Crippen LogP contribution in [0.1, 0.15) is 22.3 Å². The van der Waals surface area contributed by atoms with Crippen LogP contribution in [0.25, 0.3) is 0 Å². The van der Waals surface area contributed by atoms with E-state index in [1.165, 1.54) is 50.5 Å². The van der Waals surface area contributed by atoms with Gasteiger partial charge in [-0.2, -0.15) is 5.10 Å². The molecule has 0 saturated heterocycles. The van der Waals surface area contributed by atoms with Crippen LogP contribution in [-0.4, -0.2) is 44.2 Å². The number of carbonyl (C=O) groups is 1. The summed E-state index contributed by atoms with van der Waals surface area (Å²) >= 11 is 1.61. The summed E-state index contributed by atoms with van der Waals surface area (Å²) < 4.78 is 39.0. The lowest BCUT2D eigenvalue weighted by Crippen LogP contribution is -2.24. The van der Waals surface area contributed by atoms with Crippen molar-refractivity contribution < 1.29 is 17.6 Å². The van der Waals surface area contributed by atoms with Crippen LogP contribution in [0.4, 0.5) is 4.39 Å². The molecular weight excluding hydrogens is 389 g/mol. The van der Waals surface area contributed by atoms with Gasteiger partial charge >= 0.3 is 0 Å². The van der Waals surface area contributed by atoms with E-state index in [2.05, 4.69) is 10.5 Å². The van der Waals surface area contributed by atoms with E-state index in [-0.39, 0.29) is 16.3 Å². The van der Waals surface area contributed by atoms with Crippen LogP contribution in [0.2, 0.25) is 0 Å². The smallest absolute Gasteiger partial charge is 0.267 e. The molecule has 0 radical (unpaired) electrons. The summed E-state index contributed by atoms with van der Waals surface area (Å²) in [5, 5.41) is 4.15. The Kier molecular flexibility index (Phi) is 5.64. The van der Waals surface area contributed by atoms with E-state index in [9.17, 15) is 17.6 Å². The fourth-order valence-corrected chi connectivity index (χ4v) is 4.51. The van der Waals surface area contributed by atoms with Crippen molar-refractivity contribution in [3.63, 3.8) is 0 Å². The average molecular weight is 407 g/mol. The zero-order chi connectivity index (χ0) is 19.6. The van der Waals surface area contributed by atoms with Crippen LogP contribution in [-0.2, 0) is 10.0 Å². The molecule has 3 rings (SSSR count). The summed E-state index contributed by atoms with van der Waals surface area (Å²) in [6.07, 6.45) is 0.594. The van der Waals surface area contributed by atoms with E-state index in [0.717, 1.165) is 15.0 Å². The highest BCUT2D eigenvalue weighted by molar-refractivity contribution is 7.99. The lowest BCUT2D eigenvalue weighted by molar-refractivity contribution is 0.0954. The van der Waals surface area contributed by atoms with Gasteiger partial charge in [0.15, 0.2) is 0 Å². The molecule has 1 heterocycles. The Hall–Kier alpha value is -2.23. The van der Waals surface area contributed by atoms with Gasteiger partial charge in [0.25, 0.3) is 5.91 Å². The van der Waals surface area contributed by atoms with Gasteiger partial charge in [0, 0.05) is 42.3 Å². The molecule has 0 unspecified atom stereocenters. The molecule has 6 nitrogen and oxygen atoms in total. The number of fused-ring (bicyclic) bond motifs is 1. The summed E-state index contributed by atoms with van der Waals surface area (Å²) in [6, 6.07) is 10.2. The largest absolute Gasteiger partial charge is 0.271 e. The monoisotopic (exact) mass is 407 g/mol. The topological polar surface area (TPSA) is 78.8 Å². The average Bonchev–Trinajstić information content (AvgIpc) is 2.66. The predicted octanol–water partition coefficient (Wildman–Crippen LogP) is 2.71. The molecule has 0 aliphatic carbocycles. The molecule has 1 aliphatic heterocycles. The van der Waals surface area contributed by atoms with Gasteiger partial charge in [-0.25, -0.2) is 22.5 Å². The lowest BCUT2D eigenvalue weighted by Gasteiger charge is -2.17. The number of hydrazone groups is 1. The molecule has 0 bridgehead atoms. The number of hydrogen-bond acceptors (Lipinski definition) is 5. The number of amides is 1. The van der Waals surface area contributed by atoms with E-state index >= 15 is 0 Å². The molecule has 0 saturated carbocycles. The minimum atomic E-state index is -3.64. The number of carbonyl (C=O) groups excluding carboxylic acids is 1. The molecule has 0 fully saturated rings. The Bertz CT molecular complexity index is 1020. The molecule has 0 spiro atoms. The maximum atomic E-state index is 13.5. The normalized spacial score (nSPS) is 15.6. The molecule has 2 aromatic rings. The van der Waals surface area contributed by atoms with Gasteiger partial charge in [-0.05, 0) is 36.4 Å². The number of hydrogen-bond donors (Lipinski definition) is 1. The Morgan fingerprint density at radius 1 is 1.22 bits per heavy atom. The third-order valence-corrected chi connectivity index (χ3v) is 6.90. The Labute approximate surface area is 161 Å². The maximum absolute atomic E-state index is 13.5. The Balaban J connectivity index is 1.84. The Morgan fingerprint density at radius 3 is 2.74 bits per heavy atom. The predicted molar refractivity (Wildman–Crippen MR) is 103 cm³/mol. The van der Waals surface area contributed by atoms with Gasteiger partial charge in [0.2, 0.25) is 10.0 Å². The Morgan fingerprint density at radius 2 is 2.00 bits per heavy atom. The van der Waals surface area contributed by atoms with E-state index in [0.29, 0.717) is 17.7 Å². The number of nitrogens with one attached hydrogen (secondary N) is 1. The zero-order valence-corrected chi connectivity index (χ0v) is 16.4. The van der Waals surface area contributed by atoms with Crippen LogP contribution >= 0.6 is 11.8 Å². The molecule has 0 atom stereocenters. The van der Waals surface area contributed by atoms with Crippen LogP contribution in [0.5, 0.6) is 0 Å². The second kappa shape index (κ2) is 7.79. The molecule has 142 valence electrons. The first kappa shape index (κ1) is 19.5. The summed E-state index contributed by atoms with van der Waals surface area (Å²) in [6.45, 7) is 0. The second-order valence-corrected chi connectivity index (χ2v) is 9.34. The highest BCUT2D eigenvalue weighted by Crippen LogP contribution is 2.30.